The summed E-state index contributed by atoms with van der Waals surface area (Å²) in [5, 5.41) is 2.43. The molecule has 0 bridgehead atoms. The fourth-order valence-electron chi connectivity index (χ4n) is 1.44. The number of rotatable bonds is 1. The van der Waals surface area contributed by atoms with Crippen LogP contribution in [0.3, 0.4) is 0 Å². The summed E-state index contributed by atoms with van der Waals surface area (Å²) in [5.41, 5.74) is 0.644. The van der Waals surface area contributed by atoms with Gasteiger partial charge in [0.15, 0.2) is 6.29 Å². The lowest BCUT2D eigenvalue weighted by atomic mass is 10.1. The van der Waals surface area contributed by atoms with Gasteiger partial charge >= 0.3 is 0 Å². The second kappa shape index (κ2) is 3.71. The van der Waals surface area contributed by atoms with Crippen molar-refractivity contribution < 1.29 is 4.79 Å². The standard InChI is InChI=1S/C11H6BrClO/c12-10-5-11(13)8-4-2-1-3-7(8)9(10)6-14/h1-6H. The third-order valence-electron chi connectivity index (χ3n) is 2.10. The van der Waals surface area contributed by atoms with E-state index in [4.69, 9.17) is 11.6 Å². The van der Waals surface area contributed by atoms with Gasteiger partial charge in [0.2, 0.25) is 0 Å². The Labute approximate surface area is 94.8 Å². The maximum atomic E-state index is 10.9. The van der Waals surface area contributed by atoms with Crippen LogP contribution in [0.4, 0.5) is 0 Å². The highest BCUT2D eigenvalue weighted by Crippen LogP contribution is 2.31. The fourth-order valence-corrected chi connectivity index (χ4v) is 2.38. The molecule has 0 atom stereocenters. The van der Waals surface area contributed by atoms with Crippen molar-refractivity contribution in [2.24, 2.45) is 0 Å². The van der Waals surface area contributed by atoms with E-state index in [0.29, 0.717) is 10.6 Å². The molecular formula is C11H6BrClO. The molecule has 3 heteroatoms. The Balaban J connectivity index is 2.97. The minimum atomic E-state index is 0.644. The maximum absolute atomic E-state index is 10.9. The summed E-state index contributed by atoms with van der Waals surface area (Å²) in [6.07, 6.45) is 0.836. The summed E-state index contributed by atoms with van der Waals surface area (Å²) in [4.78, 5) is 10.9. The number of benzene rings is 2. The molecule has 0 spiro atoms. The zero-order valence-corrected chi connectivity index (χ0v) is 9.47. The molecule has 0 unspecified atom stereocenters. The molecule has 0 N–H and O–H groups in total. The topological polar surface area (TPSA) is 17.1 Å². The van der Waals surface area contributed by atoms with E-state index in [1.807, 2.05) is 24.3 Å². The Bertz CT molecular complexity index is 508. The highest BCUT2D eigenvalue weighted by atomic mass is 79.9. The van der Waals surface area contributed by atoms with E-state index < -0.39 is 0 Å². The second-order valence-corrected chi connectivity index (χ2v) is 4.18. The highest BCUT2D eigenvalue weighted by molar-refractivity contribution is 9.10. The van der Waals surface area contributed by atoms with Gasteiger partial charge in [-0.2, -0.15) is 0 Å². The summed E-state index contributed by atoms with van der Waals surface area (Å²) in [7, 11) is 0. The van der Waals surface area contributed by atoms with E-state index >= 15 is 0 Å². The summed E-state index contributed by atoms with van der Waals surface area (Å²) in [5.74, 6) is 0. The van der Waals surface area contributed by atoms with Gasteiger partial charge in [-0.3, -0.25) is 4.79 Å². The van der Waals surface area contributed by atoms with Crippen LogP contribution in [0.2, 0.25) is 5.02 Å². The first-order chi connectivity index (χ1) is 6.74. The van der Waals surface area contributed by atoms with Gasteiger partial charge < -0.3 is 0 Å². The molecule has 0 fully saturated rings. The number of aldehydes is 1. The van der Waals surface area contributed by atoms with Gasteiger partial charge in [-0.15, -0.1) is 0 Å². The van der Waals surface area contributed by atoms with Crippen molar-refractivity contribution in [2.45, 2.75) is 0 Å². The van der Waals surface area contributed by atoms with Crippen LogP contribution in [0.5, 0.6) is 0 Å². The van der Waals surface area contributed by atoms with E-state index in [2.05, 4.69) is 15.9 Å². The van der Waals surface area contributed by atoms with Crippen LogP contribution in [0.1, 0.15) is 10.4 Å². The zero-order chi connectivity index (χ0) is 10.1. The Morgan fingerprint density at radius 2 is 1.86 bits per heavy atom. The number of carbonyl (C=O) groups is 1. The molecule has 0 aromatic heterocycles. The van der Waals surface area contributed by atoms with Crippen molar-refractivity contribution in [3.8, 4) is 0 Å². The van der Waals surface area contributed by atoms with Gasteiger partial charge in [0, 0.05) is 20.4 Å². The lowest BCUT2D eigenvalue weighted by molar-refractivity contribution is 0.112. The van der Waals surface area contributed by atoms with Crippen molar-refractivity contribution >= 4 is 44.6 Å². The Morgan fingerprint density at radius 3 is 2.50 bits per heavy atom. The fraction of sp³-hybridized carbons (Fsp3) is 0. The molecule has 2 aromatic carbocycles. The molecule has 0 amide bonds. The SMILES string of the molecule is O=Cc1c(Br)cc(Cl)c2ccccc12. The van der Waals surface area contributed by atoms with Crippen molar-refractivity contribution in [1.29, 1.82) is 0 Å². The number of carbonyl (C=O) groups excluding carboxylic acids is 1. The Morgan fingerprint density at radius 1 is 1.21 bits per heavy atom. The first-order valence-corrected chi connectivity index (χ1v) is 5.23. The third-order valence-corrected chi connectivity index (χ3v) is 3.07. The second-order valence-electron chi connectivity index (χ2n) is 2.92. The van der Waals surface area contributed by atoms with Crippen LogP contribution in [0.15, 0.2) is 34.8 Å². The van der Waals surface area contributed by atoms with Crippen molar-refractivity contribution in [1.82, 2.24) is 0 Å². The van der Waals surface area contributed by atoms with Gasteiger partial charge in [-0.25, -0.2) is 0 Å². The van der Waals surface area contributed by atoms with E-state index in [9.17, 15) is 4.79 Å². The molecule has 14 heavy (non-hydrogen) atoms. The number of halogens is 2. The molecule has 0 saturated heterocycles. The van der Waals surface area contributed by atoms with Crippen LogP contribution >= 0.6 is 27.5 Å². The average molecular weight is 270 g/mol. The molecule has 1 nitrogen and oxygen atoms in total. The van der Waals surface area contributed by atoms with Crippen LogP contribution in [0.25, 0.3) is 10.8 Å². The molecule has 70 valence electrons. The summed E-state index contributed by atoms with van der Waals surface area (Å²) in [6.45, 7) is 0. The molecule has 2 aromatic rings. The lowest BCUT2D eigenvalue weighted by Crippen LogP contribution is -1.86. The van der Waals surface area contributed by atoms with Gasteiger partial charge in [0.25, 0.3) is 0 Å². The van der Waals surface area contributed by atoms with Crippen LogP contribution in [0, 0.1) is 0 Å². The lowest BCUT2D eigenvalue weighted by Gasteiger charge is -2.05. The Kier molecular flexibility index (Phi) is 2.57. The normalized spacial score (nSPS) is 10.4. The summed E-state index contributed by atoms with van der Waals surface area (Å²) >= 11 is 9.36. The first kappa shape index (κ1) is 9.69. The number of fused-ring (bicyclic) bond motifs is 1. The quantitative estimate of drug-likeness (QED) is 0.713. The highest BCUT2D eigenvalue weighted by Gasteiger charge is 2.07. The zero-order valence-electron chi connectivity index (χ0n) is 7.13. The van der Waals surface area contributed by atoms with Gasteiger partial charge in [-0.05, 0) is 27.4 Å². The molecule has 0 radical (unpaired) electrons. The van der Waals surface area contributed by atoms with Crippen LogP contribution in [-0.2, 0) is 0 Å². The molecule has 0 heterocycles. The third kappa shape index (κ3) is 1.45. The van der Waals surface area contributed by atoms with E-state index in [1.165, 1.54) is 0 Å². The number of hydrogen-bond acceptors (Lipinski definition) is 1. The molecule has 0 aliphatic heterocycles. The average Bonchev–Trinajstić information content (AvgIpc) is 2.18. The van der Waals surface area contributed by atoms with Gasteiger partial charge in [-0.1, -0.05) is 35.9 Å². The molecule has 2 rings (SSSR count). The summed E-state index contributed by atoms with van der Waals surface area (Å²) < 4.78 is 0.733. The van der Waals surface area contributed by atoms with Gasteiger partial charge in [0.05, 0.1) is 0 Å². The molecule has 0 aliphatic carbocycles. The minimum absolute atomic E-state index is 0.644. The molecule has 0 saturated carbocycles. The van der Waals surface area contributed by atoms with Crippen molar-refractivity contribution in [3.63, 3.8) is 0 Å². The largest absolute Gasteiger partial charge is 0.298 e. The monoisotopic (exact) mass is 268 g/mol. The smallest absolute Gasteiger partial charge is 0.151 e. The van der Waals surface area contributed by atoms with E-state index in [0.717, 1.165) is 21.5 Å². The van der Waals surface area contributed by atoms with E-state index in [-0.39, 0.29) is 0 Å². The first-order valence-electron chi connectivity index (χ1n) is 4.06. The van der Waals surface area contributed by atoms with Gasteiger partial charge in [0.1, 0.15) is 0 Å². The molecule has 0 aliphatic rings. The summed E-state index contributed by atoms with van der Waals surface area (Å²) in [6, 6.07) is 9.31. The van der Waals surface area contributed by atoms with Crippen LogP contribution < -0.4 is 0 Å². The number of hydrogen-bond donors (Lipinski definition) is 0. The maximum Gasteiger partial charge on any atom is 0.151 e. The van der Waals surface area contributed by atoms with E-state index in [1.54, 1.807) is 6.07 Å². The predicted octanol–water partition coefficient (Wildman–Crippen LogP) is 4.07. The van der Waals surface area contributed by atoms with Crippen molar-refractivity contribution in [3.05, 3.63) is 45.4 Å². The van der Waals surface area contributed by atoms with Crippen LogP contribution in [-0.4, -0.2) is 6.29 Å². The molecular weight excluding hydrogens is 263 g/mol. The minimum Gasteiger partial charge on any atom is -0.298 e. The Hall–Kier alpha value is -0.860. The van der Waals surface area contributed by atoms with Crippen molar-refractivity contribution in [2.75, 3.05) is 0 Å². The predicted molar refractivity (Wildman–Crippen MR) is 62.0 cm³/mol.